The zero-order valence-corrected chi connectivity index (χ0v) is 33.4. The van der Waals surface area contributed by atoms with E-state index in [-0.39, 0.29) is 57.0 Å². The van der Waals surface area contributed by atoms with Gasteiger partial charge in [0.15, 0.2) is 0 Å². The summed E-state index contributed by atoms with van der Waals surface area (Å²) < 4.78 is 0. The number of carbonyl (C=O) groups is 7. The van der Waals surface area contributed by atoms with Gasteiger partial charge in [0, 0.05) is 37.1 Å². The van der Waals surface area contributed by atoms with E-state index in [9.17, 15) is 38.7 Å². The Bertz CT molecular complexity index is 1680. The molecule has 2 heterocycles. The summed E-state index contributed by atoms with van der Waals surface area (Å²) in [5.74, 6) is -4.14. The van der Waals surface area contributed by atoms with Gasteiger partial charge >= 0.3 is 12.0 Å². The Morgan fingerprint density at radius 2 is 1.59 bits per heavy atom. The van der Waals surface area contributed by atoms with Crippen LogP contribution in [0.5, 0.6) is 0 Å². The first-order valence-electron chi connectivity index (χ1n) is 19.5. The predicted molar refractivity (Wildman–Crippen MR) is 211 cm³/mol. The number of hydrogen-bond donors (Lipinski definition) is 9. The maximum absolute atomic E-state index is 14.2. The van der Waals surface area contributed by atoms with Crippen molar-refractivity contribution in [2.24, 2.45) is 17.6 Å². The van der Waals surface area contributed by atoms with Crippen molar-refractivity contribution >= 4 is 52.4 Å². The molecular weight excluding hydrogens is 722 g/mol. The Balaban J connectivity index is 1.96. The van der Waals surface area contributed by atoms with E-state index in [1.54, 1.807) is 6.20 Å². The second-order valence-electron chi connectivity index (χ2n) is 15.4. The highest BCUT2D eigenvalue weighted by Crippen LogP contribution is 2.20. The number of aromatic nitrogens is 1. The number of hydrogen-bond acceptors (Lipinski definition) is 8. The van der Waals surface area contributed by atoms with Crippen LogP contribution in [0.3, 0.4) is 0 Å². The number of rotatable bonds is 12. The van der Waals surface area contributed by atoms with Gasteiger partial charge < -0.3 is 52.6 Å². The summed E-state index contributed by atoms with van der Waals surface area (Å²) in [4.78, 5) is 98.5. The van der Waals surface area contributed by atoms with E-state index in [2.05, 4.69) is 36.9 Å². The van der Waals surface area contributed by atoms with Crippen LogP contribution < -0.4 is 37.6 Å². The quantitative estimate of drug-likeness (QED) is 0.150. The minimum atomic E-state index is -1.26. The second-order valence-corrected chi connectivity index (χ2v) is 15.4. The van der Waals surface area contributed by atoms with E-state index in [4.69, 9.17) is 5.73 Å². The minimum absolute atomic E-state index is 0.0125. The summed E-state index contributed by atoms with van der Waals surface area (Å²) in [6.07, 6.45) is 3.69. The molecule has 3 rings (SSSR count). The second kappa shape index (κ2) is 21.8. The third-order valence-corrected chi connectivity index (χ3v) is 9.76. The van der Waals surface area contributed by atoms with Crippen molar-refractivity contribution in [3.05, 3.63) is 36.0 Å². The number of likely N-dealkylation sites (N-methyl/N-ethyl adjacent to an activating group) is 1. The molecule has 17 nitrogen and oxygen atoms in total. The van der Waals surface area contributed by atoms with E-state index < -0.39 is 77.8 Å². The van der Waals surface area contributed by atoms with Crippen molar-refractivity contribution in [2.45, 2.75) is 122 Å². The first kappa shape index (κ1) is 45.2. The van der Waals surface area contributed by atoms with Crippen molar-refractivity contribution in [2.75, 3.05) is 20.1 Å². The zero-order chi connectivity index (χ0) is 41.5. The molecule has 310 valence electrons. The summed E-state index contributed by atoms with van der Waals surface area (Å²) in [6, 6.07) is 0.113. The van der Waals surface area contributed by atoms with Gasteiger partial charge in [0.25, 0.3) is 0 Å². The van der Waals surface area contributed by atoms with Gasteiger partial charge in [-0.3, -0.25) is 24.0 Å². The number of fused-ring (bicyclic) bond motifs is 1. The lowest BCUT2D eigenvalue weighted by atomic mass is 9.97. The Morgan fingerprint density at radius 1 is 0.911 bits per heavy atom. The van der Waals surface area contributed by atoms with Gasteiger partial charge in [0.2, 0.25) is 29.5 Å². The van der Waals surface area contributed by atoms with E-state index in [0.29, 0.717) is 19.3 Å². The first-order valence-corrected chi connectivity index (χ1v) is 19.5. The Morgan fingerprint density at radius 3 is 2.25 bits per heavy atom. The first-order chi connectivity index (χ1) is 26.5. The number of carbonyl (C=O) groups excluding carboxylic acids is 6. The SMILES string of the molecule is CC(C)C[C@@H]1NC(=O)[C@H](C)NC(=O)[C@H](NC(=O)N[C@@H](CCCN)C(=O)O)CCCCNC(=O)[C@H](Cc2c[nH]c3ccccc23)NC(=O)[C@H](CC(C)C)N(C)C1=O. The standard InChI is InChI=1S/C39H61N9O8/c1-22(2)18-31-37(53)48(6)32(19-23(3)4)36(52)44-30(20-25-21-42-27-13-8-7-12-26(25)27)34(50)41-17-10-9-14-28(35(51)43-24(5)33(49)45-31)46-39(56)47-29(38(54)55)15-11-16-40/h7-8,12-13,21-24,28-32,42H,9-11,14-20,40H2,1-6H3,(H,41,50)(H,43,51)(H,44,52)(H,45,49)(H,54,55)(H2,46,47,56)/t24-,28+,29-,30-,31-,32-/m0/s1. The number of carboxylic acid groups (broad SMARTS) is 1. The highest BCUT2D eigenvalue weighted by Gasteiger charge is 2.36. The molecule has 0 saturated carbocycles. The number of nitrogens with zero attached hydrogens (tertiary/aromatic N) is 1. The van der Waals surface area contributed by atoms with Crippen molar-refractivity contribution in [1.82, 2.24) is 41.8 Å². The number of urea groups is 1. The van der Waals surface area contributed by atoms with Crippen LogP contribution in [0.15, 0.2) is 30.5 Å². The van der Waals surface area contributed by atoms with Gasteiger partial charge in [-0.1, -0.05) is 45.9 Å². The molecule has 1 saturated heterocycles. The lowest BCUT2D eigenvalue weighted by Gasteiger charge is -2.33. The predicted octanol–water partition coefficient (Wildman–Crippen LogP) is 1.26. The van der Waals surface area contributed by atoms with Crippen LogP contribution in [-0.2, 0) is 35.2 Å². The number of carboxylic acids is 1. The van der Waals surface area contributed by atoms with E-state index in [1.165, 1.54) is 18.9 Å². The summed E-state index contributed by atoms with van der Waals surface area (Å²) in [6.45, 7) is 9.46. The molecule has 0 aliphatic carbocycles. The van der Waals surface area contributed by atoms with Crippen LogP contribution in [0.2, 0.25) is 0 Å². The molecule has 2 aromatic rings. The van der Waals surface area contributed by atoms with Gasteiger partial charge in [0.1, 0.15) is 36.3 Å². The molecular formula is C39H61N9O8. The molecule has 1 aromatic carbocycles. The van der Waals surface area contributed by atoms with E-state index in [0.717, 1.165) is 16.5 Å². The molecule has 56 heavy (non-hydrogen) atoms. The monoisotopic (exact) mass is 783 g/mol. The Kier molecular flexibility index (Phi) is 17.6. The molecule has 7 amide bonds. The van der Waals surface area contributed by atoms with Gasteiger partial charge in [-0.05, 0) is 81.9 Å². The normalized spacial score (nSPS) is 23.0. The van der Waals surface area contributed by atoms with E-state index >= 15 is 0 Å². The lowest BCUT2D eigenvalue weighted by Crippen LogP contribution is -2.59. The summed E-state index contributed by atoms with van der Waals surface area (Å²) in [7, 11) is 1.50. The van der Waals surface area contributed by atoms with Crippen LogP contribution in [0.1, 0.15) is 85.1 Å². The number of aliphatic carboxylic acids is 1. The van der Waals surface area contributed by atoms with Crippen LogP contribution >= 0.6 is 0 Å². The average molecular weight is 784 g/mol. The maximum atomic E-state index is 14.2. The molecule has 0 spiro atoms. The van der Waals surface area contributed by atoms with Gasteiger partial charge in [-0.2, -0.15) is 0 Å². The Hall–Kier alpha value is -5.19. The molecule has 1 fully saturated rings. The number of H-pyrrole nitrogens is 1. The lowest BCUT2D eigenvalue weighted by molar-refractivity contribution is -0.143. The molecule has 1 aliphatic heterocycles. The molecule has 0 bridgehead atoms. The van der Waals surface area contributed by atoms with Crippen molar-refractivity contribution in [3.63, 3.8) is 0 Å². The fourth-order valence-electron chi connectivity index (χ4n) is 6.67. The smallest absolute Gasteiger partial charge is 0.326 e. The number of amides is 7. The highest BCUT2D eigenvalue weighted by atomic mass is 16.4. The number of para-hydroxylation sites is 1. The number of benzene rings is 1. The summed E-state index contributed by atoms with van der Waals surface area (Å²) >= 11 is 0. The number of nitrogens with one attached hydrogen (secondary N) is 7. The van der Waals surface area contributed by atoms with E-state index in [1.807, 2.05) is 52.0 Å². The van der Waals surface area contributed by atoms with Crippen LogP contribution in [-0.4, -0.2) is 113 Å². The van der Waals surface area contributed by atoms with Crippen LogP contribution in [0, 0.1) is 11.8 Å². The zero-order valence-electron chi connectivity index (χ0n) is 33.4. The van der Waals surface area contributed by atoms with Crippen molar-refractivity contribution < 1.29 is 38.7 Å². The van der Waals surface area contributed by atoms with Gasteiger partial charge in [-0.25, -0.2) is 9.59 Å². The van der Waals surface area contributed by atoms with Crippen molar-refractivity contribution in [1.29, 1.82) is 0 Å². The average Bonchev–Trinajstić information content (AvgIpc) is 3.55. The summed E-state index contributed by atoms with van der Waals surface area (Å²) in [5, 5.41) is 26.6. The largest absolute Gasteiger partial charge is 0.480 e. The maximum Gasteiger partial charge on any atom is 0.326 e. The third-order valence-electron chi connectivity index (χ3n) is 9.76. The fourth-order valence-corrected chi connectivity index (χ4v) is 6.67. The molecule has 1 aliphatic rings. The summed E-state index contributed by atoms with van der Waals surface area (Å²) in [5.41, 5.74) is 7.20. The molecule has 17 heteroatoms. The number of nitrogens with two attached hydrogens (primary N) is 1. The third kappa shape index (κ3) is 13.5. The molecule has 1 aromatic heterocycles. The minimum Gasteiger partial charge on any atom is -0.480 e. The molecule has 6 atom stereocenters. The Labute approximate surface area is 328 Å². The fraction of sp³-hybridized carbons (Fsp3) is 0.615. The topological polar surface area (TPSA) is 257 Å². The van der Waals surface area contributed by atoms with Crippen LogP contribution in [0.25, 0.3) is 10.9 Å². The van der Waals surface area contributed by atoms with Crippen LogP contribution in [0.4, 0.5) is 4.79 Å². The molecule has 10 N–H and O–H groups in total. The van der Waals surface area contributed by atoms with Gasteiger partial charge in [0.05, 0.1) is 0 Å². The van der Waals surface area contributed by atoms with Gasteiger partial charge in [-0.15, -0.1) is 0 Å². The molecule has 0 unspecified atom stereocenters. The number of aromatic amines is 1. The highest BCUT2D eigenvalue weighted by molar-refractivity contribution is 5.96. The van der Waals surface area contributed by atoms with Crippen molar-refractivity contribution in [3.8, 4) is 0 Å². The molecule has 0 radical (unpaired) electrons.